The molecule has 0 fully saturated rings. The molecule has 23 heavy (non-hydrogen) atoms. The topological polar surface area (TPSA) is 66.9 Å². The second-order valence-electron chi connectivity index (χ2n) is 5.11. The van der Waals surface area contributed by atoms with Crippen molar-refractivity contribution >= 4 is 11.7 Å². The van der Waals surface area contributed by atoms with E-state index >= 15 is 0 Å². The molecule has 0 aliphatic rings. The highest BCUT2D eigenvalue weighted by atomic mass is 16.1. The molecule has 120 valence electrons. The summed E-state index contributed by atoms with van der Waals surface area (Å²) in [6, 6.07) is 11.3. The molecule has 0 spiro atoms. The Balaban J connectivity index is 2.29. The van der Waals surface area contributed by atoms with E-state index in [4.69, 9.17) is 0 Å². The van der Waals surface area contributed by atoms with Crippen molar-refractivity contribution in [3.63, 3.8) is 0 Å². The predicted octanol–water partition coefficient (Wildman–Crippen LogP) is 3.27. The van der Waals surface area contributed by atoms with Crippen molar-refractivity contribution < 1.29 is 4.79 Å². The molecule has 0 saturated heterocycles. The minimum Gasteiger partial charge on any atom is -0.366 e. The lowest BCUT2D eigenvalue weighted by Gasteiger charge is -2.09. The van der Waals surface area contributed by atoms with Gasteiger partial charge in [-0.25, -0.2) is 9.97 Å². The van der Waals surface area contributed by atoms with Crippen molar-refractivity contribution in [2.24, 2.45) is 0 Å². The van der Waals surface area contributed by atoms with Gasteiger partial charge < -0.3 is 10.6 Å². The van der Waals surface area contributed by atoms with Gasteiger partial charge in [-0.1, -0.05) is 49.8 Å². The highest BCUT2D eigenvalue weighted by Crippen LogP contribution is 2.17. The number of carbonyl (C=O) groups is 1. The van der Waals surface area contributed by atoms with Crippen LogP contribution in [0.4, 0.5) is 5.82 Å². The van der Waals surface area contributed by atoms with E-state index in [1.165, 1.54) is 0 Å². The van der Waals surface area contributed by atoms with Gasteiger partial charge in [0.15, 0.2) is 5.82 Å². The van der Waals surface area contributed by atoms with Gasteiger partial charge in [0.2, 0.25) is 0 Å². The molecule has 0 aliphatic heterocycles. The lowest BCUT2D eigenvalue weighted by Crippen LogP contribution is -2.25. The van der Waals surface area contributed by atoms with Crippen LogP contribution in [0, 0.1) is 0 Å². The van der Waals surface area contributed by atoms with Crippen LogP contribution in [0.2, 0.25) is 0 Å². The fraction of sp³-hybridized carbons (Fsp3) is 0.278. The van der Waals surface area contributed by atoms with Crippen molar-refractivity contribution in [3.8, 4) is 11.4 Å². The Morgan fingerprint density at radius 1 is 1.26 bits per heavy atom. The van der Waals surface area contributed by atoms with Crippen LogP contribution < -0.4 is 10.6 Å². The van der Waals surface area contributed by atoms with Crippen molar-refractivity contribution in [2.75, 3.05) is 18.4 Å². The molecular weight excluding hydrogens is 288 g/mol. The van der Waals surface area contributed by atoms with E-state index in [1.807, 2.05) is 30.3 Å². The number of aromatic nitrogens is 2. The van der Waals surface area contributed by atoms with Crippen LogP contribution in [0.1, 0.15) is 30.3 Å². The minimum atomic E-state index is -0.181. The van der Waals surface area contributed by atoms with Crippen LogP contribution in [-0.4, -0.2) is 29.0 Å². The van der Waals surface area contributed by atoms with Gasteiger partial charge in [0.25, 0.3) is 5.91 Å². The summed E-state index contributed by atoms with van der Waals surface area (Å²) in [6.45, 7) is 6.98. The number of benzene rings is 1. The third-order valence-corrected chi connectivity index (χ3v) is 3.23. The van der Waals surface area contributed by atoms with Gasteiger partial charge in [0.1, 0.15) is 11.5 Å². The van der Waals surface area contributed by atoms with Crippen LogP contribution in [0.3, 0.4) is 0 Å². The number of nitrogens with one attached hydrogen (secondary N) is 2. The molecule has 2 aromatic rings. The van der Waals surface area contributed by atoms with E-state index in [9.17, 15) is 4.79 Å². The summed E-state index contributed by atoms with van der Waals surface area (Å²) >= 11 is 0. The Morgan fingerprint density at radius 3 is 2.74 bits per heavy atom. The van der Waals surface area contributed by atoms with E-state index < -0.39 is 0 Å². The third kappa shape index (κ3) is 4.92. The number of rotatable bonds is 8. The Bertz CT molecular complexity index is 655. The van der Waals surface area contributed by atoms with Gasteiger partial charge in [-0.3, -0.25) is 4.79 Å². The first-order chi connectivity index (χ1) is 11.2. The maximum atomic E-state index is 12.3. The molecule has 1 aromatic carbocycles. The lowest BCUT2D eigenvalue weighted by atomic mass is 10.2. The highest BCUT2D eigenvalue weighted by molar-refractivity contribution is 5.93. The summed E-state index contributed by atoms with van der Waals surface area (Å²) < 4.78 is 0. The zero-order valence-electron chi connectivity index (χ0n) is 13.4. The summed E-state index contributed by atoms with van der Waals surface area (Å²) in [4.78, 5) is 21.2. The van der Waals surface area contributed by atoms with E-state index in [2.05, 4.69) is 34.1 Å². The van der Waals surface area contributed by atoms with Crippen molar-refractivity contribution in [1.82, 2.24) is 15.3 Å². The number of hydrogen-bond acceptors (Lipinski definition) is 4. The van der Waals surface area contributed by atoms with Crippen LogP contribution in [0.5, 0.6) is 0 Å². The average Bonchev–Trinajstić information content (AvgIpc) is 2.60. The standard InChI is InChI=1S/C18H22N4O/c1-3-5-12-20-18(23)15-13-16(19-11-4-2)22-17(21-15)14-9-7-6-8-10-14/h4,6-10,13H,2-3,5,11-12H2,1H3,(H,20,23)(H,19,21,22). The molecular formula is C18H22N4O. The smallest absolute Gasteiger partial charge is 0.270 e. The van der Waals surface area contributed by atoms with Gasteiger partial charge in [-0.15, -0.1) is 6.58 Å². The van der Waals surface area contributed by atoms with Crippen LogP contribution in [0.15, 0.2) is 49.1 Å². The zero-order chi connectivity index (χ0) is 16.5. The Kier molecular flexibility index (Phi) is 6.29. The lowest BCUT2D eigenvalue weighted by molar-refractivity contribution is 0.0948. The average molecular weight is 310 g/mol. The van der Waals surface area contributed by atoms with Gasteiger partial charge in [0.05, 0.1) is 0 Å². The summed E-state index contributed by atoms with van der Waals surface area (Å²) in [7, 11) is 0. The summed E-state index contributed by atoms with van der Waals surface area (Å²) in [5, 5.41) is 6.00. The van der Waals surface area contributed by atoms with E-state index in [0.717, 1.165) is 18.4 Å². The van der Waals surface area contributed by atoms with Gasteiger partial charge in [0, 0.05) is 24.7 Å². The minimum absolute atomic E-state index is 0.181. The molecule has 0 saturated carbocycles. The molecule has 1 amide bonds. The molecule has 0 unspecified atom stereocenters. The second kappa shape index (κ2) is 8.68. The molecule has 1 heterocycles. The Morgan fingerprint density at radius 2 is 2.04 bits per heavy atom. The first-order valence-corrected chi connectivity index (χ1v) is 7.82. The first-order valence-electron chi connectivity index (χ1n) is 7.82. The van der Waals surface area contributed by atoms with Crippen molar-refractivity contribution in [1.29, 1.82) is 0 Å². The normalized spacial score (nSPS) is 10.1. The van der Waals surface area contributed by atoms with Crippen LogP contribution in [-0.2, 0) is 0 Å². The highest BCUT2D eigenvalue weighted by Gasteiger charge is 2.12. The number of anilines is 1. The molecule has 5 nitrogen and oxygen atoms in total. The molecule has 5 heteroatoms. The van der Waals surface area contributed by atoms with Gasteiger partial charge >= 0.3 is 0 Å². The molecule has 0 bridgehead atoms. The van der Waals surface area contributed by atoms with Crippen molar-refractivity contribution in [2.45, 2.75) is 19.8 Å². The number of amides is 1. The number of nitrogens with zero attached hydrogens (tertiary/aromatic N) is 2. The third-order valence-electron chi connectivity index (χ3n) is 3.23. The van der Waals surface area contributed by atoms with Gasteiger partial charge in [-0.05, 0) is 6.42 Å². The Labute approximate surface area is 136 Å². The number of carbonyl (C=O) groups excluding carboxylic acids is 1. The van der Waals surface area contributed by atoms with Crippen LogP contribution in [0.25, 0.3) is 11.4 Å². The maximum Gasteiger partial charge on any atom is 0.270 e. The monoisotopic (exact) mass is 310 g/mol. The Hall–Kier alpha value is -2.69. The number of hydrogen-bond donors (Lipinski definition) is 2. The van der Waals surface area contributed by atoms with E-state index in [1.54, 1.807) is 12.1 Å². The van der Waals surface area contributed by atoms with E-state index in [-0.39, 0.29) is 5.91 Å². The summed E-state index contributed by atoms with van der Waals surface area (Å²) in [6.07, 6.45) is 3.72. The van der Waals surface area contributed by atoms with Gasteiger partial charge in [-0.2, -0.15) is 0 Å². The molecule has 0 atom stereocenters. The SMILES string of the molecule is C=CCNc1cc(C(=O)NCCCC)nc(-c2ccccc2)n1. The predicted molar refractivity (Wildman–Crippen MR) is 93.4 cm³/mol. The first kappa shape index (κ1) is 16.7. The zero-order valence-corrected chi connectivity index (χ0v) is 13.4. The van der Waals surface area contributed by atoms with Crippen LogP contribution >= 0.6 is 0 Å². The fourth-order valence-electron chi connectivity index (χ4n) is 2.02. The second-order valence-corrected chi connectivity index (χ2v) is 5.11. The maximum absolute atomic E-state index is 12.3. The van der Waals surface area contributed by atoms with Crippen molar-refractivity contribution in [3.05, 3.63) is 54.7 Å². The summed E-state index contributed by atoms with van der Waals surface area (Å²) in [5.41, 5.74) is 1.24. The quantitative estimate of drug-likeness (QED) is 0.580. The largest absolute Gasteiger partial charge is 0.366 e. The molecule has 2 N–H and O–H groups in total. The number of unbranched alkanes of at least 4 members (excludes halogenated alkanes) is 1. The fourth-order valence-corrected chi connectivity index (χ4v) is 2.02. The molecule has 2 rings (SSSR count). The molecule has 1 aromatic heterocycles. The van der Waals surface area contributed by atoms with E-state index in [0.29, 0.717) is 30.4 Å². The molecule has 0 aliphatic carbocycles. The molecule has 0 radical (unpaired) electrons. The summed E-state index contributed by atoms with van der Waals surface area (Å²) in [5.74, 6) is 0.958.